The standard InChI is InChI=1S/C19H17N5O3/c1-13-17-10-14(12-20-19(17)27-23-13)18(25)22-15-4-2-5-16(11-15)26-9-8-24-7-3-6-21-24/h2-7,10-12H,8-9H2,1H3,(H,22,25). The summed E-state index contributed by atoms with van der Waals surface area (Å²) in [6.07, 6.45) is 5.07. The van der Waals surface area contributed by atoms with Crippen LogP contribution in [0.15, 0.2) is 59.5 Å². The first-order valence-corrected chi connectivity index (χ1v) is 8.43. The third-order valence-electron chi connectivity index (χ3n) is 4.01. The SMILES string of the molecule is Cc1noc2ncc(C(=O)Nc3cccc(OCCn4cccn4)c3)cc12. The molecule has 8 heteroatoms. The minimum atomic E-state index is -0.265. The van der Waals surface area contributed by atoms with E-state index in [0.29, 0.717) is 41.6 Å². The third kappa shape index (κ3) is 3.79. The molecule has 0 atom stereocenters. The quantitative estimate of drug-likeness (QED) is 0.566. The Hall–Kier alpha value is -3.68. The number of ether oxygens (including phenoxy) is 1. The number of pyridine rings is 1. The molecule has 1 aromatic carbocycles. The molecule has 0 fully saturated rings. The lowest BCUT2D eigenvalue weighted by Gasteiger charge is -2.09. The molecule has 1 N–H and O–H groups in total. The average molecular weight is 363 g/mol. The average Bonchev–Trinajstić information content (AvgIpc) is 3.32. The molecule has 0 spiro atoms. The molecule has 4 rings (SSSR count). The molecule has 3 aromatic heterocycles. The summed E-state index contributed by atoms with van der Waals surface area (Å²) in [4.78, 5) is 16.6. The summed E-state index contributed by atoms with van der Waals surface area (Å²) >= 11 is 0. The van der Waals surface area contributed by atoms with Gasteiger partial charge in [0.1, 0.15) is 12.4 Å². The van der Waals surface area contributed by atoms with Gasteiger partial charge in [-0.05, 0) is 31.2 Å². The number of nitrogens with one attached hydrogen (secondary N) is 1. The Morgan fingerprint density at radius 2 is 2.22 bits per heavy atom. The van der Waals surface area contributed by atoms with Gasteiger partial charge in [0.15, 0.2) is 0 Å². The second-order valence-electron chi connectivity index (χ2n) is 5.94. The summed E-state index contributed by atoms with van der Waals surface area (Å²) in [7, 11) is 0. The van der Waals surface area contributed by atoms with E-state index >= 15 is 0 Å². The molecule has 0 aliphatic rings. The molecule has 3 heterocycles. The monoisotopic (exact) mass is 363 g/mol. The summed E-state index contributed by atoms with van der Waals surface area (Å²) in [5, 5.41) is 11.5. The molecular formula is C19H17N5O3. The van der Waals surface area contributed by atoms with Gasteiger partial charge in [-0.2, -0.15) is 5.10 Å². The van der Waals surface area contributed by atoms with Crippen LogP contribution in [0.25, 0.3) is 11.1 Å². The summed E-state index contributed by atoms with van der Waals surface area (Å²) in [5.74, 6) is 0.405. The van der Waals surface area contributed by atoms with Gasteiger partial charge in [-0.25, -0.2) is 4.98 Å². The van der Waals surface area contributed by atoms with Crippen molar-refractivity contribution in [3.05, 3.63) is 66.2 Å². The number of hydrogen-bond donors (Lipinski definition) is 1. The zero-order chi connectivity index (χ0) is 18.6. The van der Waals surface area contributed by atoms with Gasteiger partial charge >= 0.3 is 0 Å². The van der Waals surface area contributed by atoms with Gasteiger partial charge in [-0.1, -0.05) is 11.2 Å². The lowest BCUT2D eigenvalue weighted by molar-refractivity contribution is 0.102. The van der Waals surface area contributed by atoms with Gasteiger partial charge in [-0.3, -0.25) is 9.48 Å². The van der Waals surface area contributed by atoms with Crippen molar-refractivity contribution in [1.82, 2.24) is 19.9 Å². The highest BCUT2D eigenvalue weighted by Gasteiger charge is 2.12. The van der Waals surface area contributed by atoms with Crippen LogP contribution < -0.4 is 10.1 Å². The van der Waals surface area contributed by atoms with Crippen LogP contribution in [-0.2, 0) is 6.54 Å². The second-order valence-corrected chi connectivity index (χ2v) is 5.94. The number of amides is 1. The van der Waals surface area contributed by atoms with E-state index in [1.54, 1.807) is 36.0 Å². The van der Waals surface area contributed by atoms with Crippen molar-refractivity contribution in [2.24, 2.45) is 0 Å². The van der Waals surface area contributed by atoms with Gasteiger partial charge < -0.3 is 14.6 Å². The van der Waals surface area contributed by atoms with Gasteiger partial charge in [0.2, 0.25) is 0 Å². The van der Waals surface area contributed by atoms with Crippen LogP contribution in [0.3, 0.4) is 0 Å². The van der Waals surface area contributed by atoms with E-state index in [2.05, 4.69) is 20.6 Å². The van der Waals surface area contributed by atoms with Gasteiger partial charge in [0.25, 0.3) is 11.6 Å². The van der Waals surface area contributed by atoms with E-state index in [9.17, 15) is 4.79 Å². The Morgan fingerprint density at radius 3 is 3.07 bits per heavy atom. The molecule has 136 valence electrons. The molecule has 0 radical (unpaired) electrons. The highest BCUT2D eigenvalue weighted by molar-refractivity contribution is 6.05. The number of rotatable bonds is 6. The number of fused-ring (bicyclic) bond motifs is 1. The largest absolute Gasteiger partial charge is 0.492 e. The van der Waals surface area contributed by atoms with E-state index in [1.807, 2.05) is 24.4 Å². The fraction of sp³-hybridized carbons (Fsp3) is 0.158. The number of aryl methyl sites for hydroxylation is 1. The van der Waals surface area contributed by atoms with Gasteiger partial charge in [0.05, 0.1) is 23.2 Å². The predicted molar refractivity (Wildman–Crippen MR) is 98.7 cm³/mol. The number of benzene rings is 1. The van der Waals surface area contributed by atoms with Crippen molar-refractivity contribution in [3.8, 4) is 5.75 Å². The summed E-state index contributed by atoms with van der Waals surface area (Å²) < 4.78 is 12.6. The number of nitrogens with zero attached hydrogens (tertiary/aromatic N) is 4. The van der Waals surface area contributed by atoms with Gasteiger partial charge in [0, 0.05) is 30.3 Å². The van der Waals surface area contributed by atoms with E-state index in [0.717, 1.165) is 5.39 Å². The molecule has 8 nitrogen and oxygen atoms in total. The van der Waals surface area contributed by atoms with Crippen LogP contribution in [0.2, 0.25) is 0 Å². The Balaban J connectivity index is 1.42. The van der Waals surface area contributed by atoms with Crippen LogP contribution in [0.5, 0.6) is 5.75 Å². The maximum atomic E-state index is 12.5. The Morgan fingerprint density at radius 1 is 1.30 bits per heavy atom. The fourth-order valence-corrected chi connectivity index (χ4v) is 2.63. The first-order chi connectivity index (χ1) is 13.2. The molecule has 0 unspecified atom stereocenters. The van der Waals surface area contributed by atoms with Gasteiger partial charge in [-0.15, -0.1) is 0 Å². The number of aromatic nitrogens is 4. The first-order valence-electron chi connectivity index (χ1n) is 8.43. The number of carbonyl (C=O) groups is 1. The number of hydrogen-bond acceptors (Lipinski definition) is 6. The Kier molecular flexibility index (Phi) is 4.52. The molecule has 0 saturated carbocycles. The van der Waals surface area contributed by atoms with Crippen molar-refractivity contribution in [2.45, 2.75) is 13.5 Å². The molecule has 4 aromatic rings. The van der Waals surface area contributed by atoms with Crippen LogP contribution in [0.4, 0.5) is 5.69 Å². The number of carbonyl (C=O) groups excluding carboxylic acids is 1. The Bertz CT molecular complexity index is 1070. The maximum Gasteiger partial charge on any atom is 0.257 e. The first kappa shape index (κ1) is 16.8. The summed E-state index contributed by atoms with van der Waals surface area (Å²) in [5.41, 5.74) is 2.17. The van der Waals surface area contributed by atoms with Crippen LogP contribution in [0, 0.1) is 6.92 Å². The Labute approximate surface area is 154 Å². The van der Waals surface area contributed by atoms with E-state index in [-0.39, 0.29) is 5.91 Å². The second kappa shape index (κ2) is 7.28. The lowest BCUT2D eigenvalue weighted by atomic mass is 10.2. The van der Waals surface area contributed by atoms with E-state index in [1.165, 1.54) is 6.20 Å². The predicted octanol–water partition coefficient (Wildman–Crippen LogP) is 3.06. The maximum absolute atomic E-state index is 12.5. The van der Waals surface area contributed by atoms with Crippen LogP contribution in [0.1, 0.15) is 16.1 Å². The van der Waals surface area contributed by atoms with Crippen molar-refractivity contribution in [2.75, 3.05) is 11.9 Å². The lowest BCUT2D eigenvalue weighted by Crippen LogP contribution is -2.12. The highest BCUT2D eigenvalue weighted by atomic mass is 16.5. The molecule has 0 aliphatic carbocycles. The van der Waals surface area contributed by atoms with Crippen molar-refractivity contribution in [3.63, 3.8) is 0 Å². The smallest absolute Gasteiger partial charge is 0.257 e. The zero-order valence-electron chi connectivity index (χ0n) is 14.6. The minimum absolute atomic E-state index is 0.265. The summed E-state index contributed by atoms with van der Waals surface area (Å²) in [6.45, 7) is 2.93. The molecular weight excluding hydrogens is 346 g/mol. The van der Waals surface area contributed by atoms with Crippen LogP contribution >= 0.6 is 0 Å². The topological polar surface area (TPSA) is 95.1 Å². The zero-order valence-corrected chi connectivity index (χ0v) is 14.6. The van der Waals surface area contributed by atoms with E-state index < -0.39 is 0 Å². The van der Waals surface area contributed by atoms with Crippen molar-refractivity contribution < 1.29 is 14.1 Å². The fourth-order valence-electron chi connectivity index (χ4n) is 2.63. The highest BCUT2D eigenvalue weighted by Crippen LogP contribution is 2.20. The molecule has 0 bridgehead atoms. The summed E-state index contributed by atoms with van der Waals surface area (Å²) in [6, 6.07) is 10.8. The van der Waals surface area contributed by atoms with Crippen molar-refractivity contribution >= 4 is 22.7 Å². The van der Waals surface area contributed by atoms with Crippen molar-refractivity contribution in [1.29, 1.82) is 0 Å². The molecule has 27 heavy (non-hydrogen) atoms. The normalized spacial score (nSPS) is 10.9. The molecule has 0 aliphatic heterocycles. The number of anilines is 1. The minimum Gasteiger partial charge on any atom is -0.492 e. The van der Waals surface area contributed by atoms with Crippen LogP contribution in [-0.4, -0.2) is 32.4 Å². The third-order valence-corrected chi connectivity index (χ3v) is 4.01. The molecule has 1 amide bonds. The van der Waals surface area contributed by atoms with E-state index in [4.69, 9.17) is 9.26 Å². The molecule has 0 saturated heterocycles.